The standard InChI is InChI=1S/C11H21NO2/c1-10(2,3)11(4)8(9(13)14)6-7-12(11)5/h8H,6-7H2,1-5H3,(H,13,14). The maximum Gasteiger partial charge on any atom is 0.308 e. The van der Waals surface area contributed by atoms with E-state index >= 15 is 0 Å². The molecular weight excluding hydrogens is 178 g/mol. The summed E-state index contributed by atoms with van der Waals surface area (Å²) in [5.74, 6) is -0.903. The molecule has 2 unspecified atom stereocenters. The van der Waals surface area contributed by atoms with Crippen molar-refractivity contribution in [2.24, 2.45) is 11.3 Å². The van der Waals surface area contributed by atoms with Crippen molar-refractivity contribution < 1.29 is 9.90 Å². The Balaban J connectivity index is 3.08. The van der Waals surface area contributed by atoms with Crippen LogP contribution in [-0.2, 0) is 4.79 Å². The summed E-state index contributed by atoms with van der Waals surface area (Å²) in [6, 6.07) is 0. The molecule has 1 fully saturated rings. The van der Waals surface area contributed by atoms with E-state index in [1.54, 1.807) is 0 Å². The van der Waals surface area contributed by atoms with Crippen LogP contribution >= 0.6 is 0 Å². The van der Waals surface area contributed by atoms with Crippen LogP contribution in [0.15, 0.2) is 0 Å². The lowest BCUT2D eigenvalue weighted by Gasteiger charge is -2.46. The molecule has 3 heteroatoms. The van der Waals surface area contributed by atoms with Crippen molar-refractivity contribution in [1.29, 1.82) is 0 Å². The zero-order chi connectivity index (χ0) is 11.1. The molecule has 0 radical (unpaired) electrons. The lowest BCUT2D eigenvalue weighted by Crippen LogP contribution is -2.55. The molecule has 1 heterocycles. The van der Waals surface area contributed by atoms with Gasteiger partial charge in [0.15, 0.2) is 0 Å². The van der Waals surface area contributed by atoms with E-state index < -0.39 is 5.97 Å². The number of aliphatic carboxylic acids is 1. The maximum absolute atomic E-state index is 11.2. The van der Waals surface area contributed by atoms with Gasteiger partial charge in [-0.15, -0.1) is 0 Å². The number of hydrogen-bond acceptors (Lipinski definition) is 2. The van der Waals surface area contributed by atoms with Crippen LogP contribution in [0.4, 0.5) is 0 Å². The molecule has 0 aromatic heterocycles. The number of rotatable bonds is 1. The molecule has 1 rings (SSSR count). The molecule has 1 N–H and O–H groups in total. The van der Waals surface area contributed by atoms with Gasteiger partial charge in [-0.1, -0.05) is 20.8 Å². The van der Waals surface area contributed by atoms with Gasteiger partial charge in [0.2, 0.25) is 0 Å². The van der Waals surface area contributed by atoms with Crippen molar-refractivity contribution in [3.05, 3.63) is 0 Å². The lowest BCUT2D eigenvalue weighted by molar-refractivity contribution is -0.147. The Hall–Kier alpha value is -0.570. The van der Waals surface area contributed by atoms with Gasteiger partial charge in [-0.3, -0.25) is 9.69 Å². The molecule has 0 aromatic rings. The van der Waals surface area contributed by atoms with Crippen LogP contribution in [-0.4, -0.2) is 35.1 Å². The summed E-state index contributed by atoms with van der Waals surface area (Å²) in [7, 11) is 2.02. The fourth-order valence-corrected chi connectivity index (χ4v) is 2.56. The molecular formula is C11H21NO2. The highest BCUT2D eigenvalue weighted by molar-refractivity contribution is 5.72. The van der Waals surface area contributed by atoms with Gasteiger partial charge in [-0.2, -0.15) is 0 Å². The molecule has 0 aromatic carbocycles. The lowest BCUT2D eigenvalue weighted by atomic mass is 9.68. The Kier molecular flexibility index (Phi) is 2.65. The van der Waals surface area contributed by atoms with E-state index in [-0.39, 0.29) is 16.9 Å². The van der Waals surface area contributed by atoms with Gasteiger partial charge in [0.1, 0.15) is 0 Å². The quantitative estimate of drug-likeness (QED) is 0.700. The third-order valence-electron chi connectivity index (χ3n) is 4.04. The summed E-state index contributed by atoms with van der Waals surface area (Å²) in [4.78, 5) is 13.4. The SMILES string of the molecule is CN1CCC(C(=O)O)C1(C)C(C)(C)C. The number of hydrogen-bond donors (Lipinski definition) is 1. The van der Waals surface area contributed by atoms with Crippen LogP contribution < -0.4 is 0 Å². The predicted molar refractivity (Wildman–Crippen MR) is 56.2 cm³/mol. The first-order chi connectivity index (χ1) is 6.21. The van der Waals surface area contributed by atoms with Gasteiger partial charge in [0.25, 0.3) is 0 Å². The highest BCUT2D eigenvalue weighted by Gasteiger charge is 2.53. The van der Waals surface area contributed by atoms with Crippen LogP contribution in [0.3, 0.4) is 0 Å². The molecule has 1 aliphatic rings. The van der Waals surface area contributed by atoms with E-state index in [9.17, 15) is 9.90 Å². The first kappa shape index (κ1) is 11.5. The number of carboxylic acid groups (broad SMARTS) is 1. The normalized spacial score (nSPS) is 34.8. The van der Waals surface area contributed by atoms with Crippen LogP contribution in [0, 0.1) is 11.3 Å². The Morgan fingerprint density at radius 3 is 2.29 bits per heavy atom. The number of likely N-dealkylation sites (tertiary alicyclic amines) is 1. The van der Waals surface area contributed by atoms with Gasteiger partial charge < -0.3 is 5.11 Å². The van der Waals surface area contributed by atoms with Crippen LogP contribution in [0.5, 0.6) is 0 Å². The van der Waals surface area contributed by atoms with Gasteiger partial charge in [0.05, 0.1) is 5.92 Å². The summed E-state index contributed by atoms with van der Waals surface area (Å²) in [5.41, 5.74) is -0.250. The third kappa shape index (κ3) is 1.44. The van der Waals surface area contributed by atoms with E-state index in [2.05, 4.69) is 32.6 Å². The van der Waals surface area contributed by atoms with E-state index in [0.29, 0.717) is 0 Å². The minimum Gasteiger partial charge on any atom is -0.481 e. The topological polar surface area (TPSA) is 40.5 Å². The largest absolute Gasteiger partial charge is 0.481 e. The average Bonchev–Trinajstić information content (AvgIpc) is 2.28. The number of carbonyl (C=O) groups is 1. The molecule has 1 saturated heterocycles. The monoisotopic (exact) mass is 199 g/mol. The predicted octanol–water partition coefficient (Wildman–Crippen LogP) is 1.83. The van der Waals surface area contributed by atoms with Crippen molar-refractivity contribution in [2.75, 3.05) is 13.6 Å². The first-order valence-corrected chi connectivity index (χ1v) is 5.15. The van der Waals surface area contributed by atoms with Crippen molar-refractivity contribution in [3.8, 4) is 0 Å². The highest BCUT2D eigenvalue weighted by atomic mass is 16.4. The smallest absolute Gasteiger partial charge is 0.308 e. The fourth-order valence-electron chi connectivity index (χ4n) is 2.56. The van der Waals surface area contributed by atoms with Crippen molar-refractivity contribution in [2.45, 2.75) is 39.7 Å². The van der Waals surface area contributed by atoms with Gasteiger partial charge in [-0.25, -0.2) is 0 Å². The summed E-state index contributed by atoms with van der Waals surface area (Å²) in [6.45, 7) is 9.30. The van der Waals surface area contributed by atoms with Crippen molar-refractivity contribution in [3.63, 3.8) is 0 Å². The fraction of sp³-hybridized carbons (Fsp3) is 0.909. The summed E-state index contributed by atoms with van der Waals surface area (Å²) < 4.78 is 0. The van der Waals surface area contributed by atoms with Crippen LogP contribution in [0.1, 0.15) is 34.1 Å². The summed E-state index contributed by atoms with van der Waals surface area (Å²) >= 11 is 0. The molecule has 82 valence electrons. The second-order valence-corrected chi connectivity index (χ2v) is 5.50. The van der Waals surface area contributed by atoms with Crippen LogP contribution in [0.2, 0.25) is 0 Å². The van der Waals surface area contributed by atoms with E-state index in [0.717, 1.165) is 13.0 Å². The van der Waals surface area contributed by atoms with Crippen molar-refractivity contribution in [1.82, 2.24) is 4.90 Å². The second kappa shape index (κ2) is 3.23. The number of nitrogens with zero attached hydrogens (tertiary/aromatic N) is 1. The second-order valence-electron chi connectivity index (χ2n) is 5.50. The minimum atomic E-state index is -0.660. The van der Waals surface area contributed by atoms with E-state index in [4.69, 9.17) is 0 Å². The van der Waals surface area contributed by atoms with Crippen LogP contribution in [0.25, 0.3) is 0 Å². The van der Waals surface area contributed by atoms with Gasteiger partial charge in [-0.05, 0) is 32.4 Å². The Morgan fingerprint density at radius 2 is 2.00 bits per heavy atom. The molecule has 0 saturated carbocycles. The molecule has 14 heavy (non-hydrogen) atoms. The molecule has 0 amide bonds. The molecule has 3 nitrogen and oxygen atoms in total. The third-order valence-corrected chi connectivity index (χ3v) is 4.04. The Morgan fingerprint density at radius 1 is 1.50 bits per heavy atom. The van der Waals surface area contributed by atoms with Crippen molar-refractivity contribution >= 4 is 5.97 Å². The molecule has 0 spiro atoms. The summed E-state index contributed by atoms with van der Waals surface area (Å²) in [6.07, 6.45) is 0.763. The molecule has 1 aliphatic heterocycles. The zero-order valence-corrected chi connectivity index (χ0v) is 9.79. The first-order valence-electron chi connectivity index (χ1n) is 5.15. The molecule has 2 atom stereocenters. The summed E-state index contributed by atoms with van der Waals surface area (Å²) in [5, 5.41) is 9.20. The van der Waals surface area contributed by atoms with Gasteiger partial charge >= 0.3 is 5.97 Å². The van der Waals surface area contributed by atoms with Gasteiger partial charge in [0, 0.05) is 5.54 Å². The highest BCUT2D eigenvalue weighted by Crippen LogP contribution is 2.46. The zero-order valence-electron chi connectivity index (χ0n) is 9.79. The average molecular weight is 199 g/mol. The Bertz CT molecular complexity index is 244. The molecule has 0 bridgehead atoms. The van der Waals surface area contributed by atoms with E-state index in [1.807, 2.05) is 7.05 Å². The Labute approximate surface area is 86.1 Å². The number of carboxylic acids is 1. The van der Waals surface area contributed by atoms with E-state index in [1.165, 1.54) is 0 Å². The minimum absolute atomic E-state index is 0.0126. The molecule has 0 aliphatic carbocycles. The maximum atomic E-state index is 11.2.